The highest BCUT2D eigenvalue weighted by molar-refractivity contribution is 8.34. The first-order valence-corrected chi connectivity index (χ1v) is 14.0. The molecule has 4 rings (SSSR count). The van der Waals surface area contributed by atoms with E-state index in [0.29, 0.717) is 0 Å². The van der Waals surface area contributed by atoms with E-state index in [-0.39, 0.29) is 10.5 Å². The quantitative estimate of drug-likeness (QED) is 0.284. The lowest BCUT2D eigenvalue weighted by Gasteiger charge is -2.42. The number of hydrogen-bond acceptors (Lipinski definition) is 3. The molecule has 0 saturated carbocycles. The van der Waals surface area contributed by atoms with E-state index in [9.17, 15) is 13.0 Å². The maximum atomic E-state index is 11.7. The van der Waals surface area contributed by atoms with Gasteiger partial charge in [-0.25, -0.2) is 0 Å². The Balaban J connectivity index is 2.00. The molecule has 1 N–H and O–H groups in total. The molecule has 176 valence electrons. The molecule has 0 spiro atoms. The van der Waals surface area contributed by atoms with Crippen LogP contribution in [0.3, 0.4) is 0 Å². The smallest absolute Gasteiger partial charge is 0.294 e. The second-order valence-electron chi connectivity index (χ2n) is 8.87. The minimum atomic E-state index is -4.29. The van der Waals surface area contributed by atoms with E-state index in [1.807, 2.05) is 69.3 Å². The Kier molecular flexibility index (Phi) is 6.58. The van der Waals surface area contributed by atoms with E-state index in [1.54, 1.807) is 12.1 Å². The van der Waals surface area contributed by atoms with Gasteiger partial charge in [0, 0.05) is 19.6 Å². The fourth-order valence-corrected chi connectivity index (χ4v) is 8.28. The van der Waals surface area contributed by atoms with Crippen molar-refractivity contribution in [3.8, 4) is 5.75 Å². The molecule has 0 aliphatic rings. The molecule has 0 amide bonds. The van der Waals surface area contributed by atoms with Crippen molar-refractivity contribution in [3.05, 3.63) is 109 Å². The highest BCUT2D eigenvalue weighted by Crippen LogP contribution is 2.73. The SMILES string of the molecule is CC(C)(C)Oc1ccc(S(c2ccccc2)(c2ccccc2)c2ccc(S(=O)(=O)O)cc2)cc1. The largest absolute Gasteiger partial charge is 0.488 e. The molecule has 0 fully saturated rings. The van der Waals surface area contributed by atoms with Crippen LogP contribution in [0.5, 0.6) is 5.75 Å². The van der Waals surface area contributed by atoms with E-state index in [2.05, 4.69) is 36.4 Å². The van der Waals surface area contributed by atoms with Crippen molar-refractivity contribution in [1.29, 1.82) is 0 Å². The predicted molar refractivity (Wildman–Crippen MR) is 137 cm³/mol. The first-order valence-electron chi connectivity index (χ1n) is 10.9. The van der Waals surface area contributed by atoms with Gasteiger partial charge in [-0.15, -0.1) is 10.0 Å². The lowest BCUT2D eigenvalue weighted by molar-refractivity contribution is 0.131. The lowest BCUT2D eigenvalue weighted by Crippen LogP contribution is -2.22. The maximum absolute atomic E-state index is 11.7. The molecule has 0 aliphatic carbocycles. The summed E-state index contributed by atoms with van der Waals surface area (Å²) in [4.78, 5) is 4.16. The second kappa shape index (κ2) is 9.29. The minimum absolute atomic E-state index is 0.125. The zero-order chi connectivity index (χ0) is 24.4. The monoisotopic (exact) mass is 492 g/mol. The van der Waals surface area contributed by atoms with Crippen molar-refractivity contribution < 1.29 is 17.7 Å². The summed E-state index contributed by atoms with van der Waals surface area (Å²) in [6, 6.07) is 35.2. The zero-order valence-electron chi connectivity index (χ0n) is 19.4. The molecule has 0 saturated heterocycles. The van der Waals surface area contributed by atoms with Gasteiger partial charge in [0.25, 0.3) is 10.1 Å². The molecule has 4 aromatic carbocycles. The van der Waals surface area contributed by atoms with Gasteiger partial charge in [-0.1, -0.05) is 36.4 Å². The van der Waals surface area contributed by atoms with Crippen molar-refractivity contribution in [2.45, 2.75) is 50.8 Å². The molecule has 0 radical (unpaired) electrons. The van der Waals surface area contributed by atoms with Gasteiger partial charge >= 0.3 is 0 Å². The van der Waals surface area contributed by atoms with Crippen molar-refractivity contribution in [2.24, 2.45) is 0 Å². The number of hydrogen-bond donors (Lipinski definition) is 1. The van der Waals surface area contributed by atoms with Gasteiger partial charge in [0.05, 0.1) is 4.90 Å². The van der Waals surface area contributed by atoms with Gasteiger partial charge in [0.15, 0.2) is 0 Å². The zero-order valence-corrected chi connectivity index (χ0v) is 21.0. The van der Waals surface area contributed by atoms with Crippen LogP contribution in [0.15, 0.2) is 134 Å². The molecule has 4 aromatic rings. The van der Waals surface area contributed by atoms with Crippen LogP contribution in [0.25, 0.3) is 0 Å². The number of benzene rings is 4. The molecule has 0 unspecified atom stereocenters. The van der Waals surface area contributed by atoms with Crippen LogP contribution in [0.2, 0.25) is 0 Å². The molecule has 0 atom stereocenters. The summed E-state index contributed by atoms with van der Waals surface area (Å²) in [5.41, 5.74) is -0.310. The third kappa shape index (κ3) is 4.89. The van der Waals surface area contributed by atoms with Gasteiger partial charge in [-0.05, 0) is 93.6 Å². The van der Waals surface area contributed by atoms with E-state index in [0.717, 1.165) is 25.3 Å². The summed E-state index contributed by atoms with van der Waals surface area (Å²) in [6.45, 7) is 6.05. The summed E-state index contributed by atoms with van der Waals surface area (Å²) >= 11 is 0. The molecular weight excluding hydrogens is 464 g/mol. The maximum Gasteiger partial charge on any atom is 0.294 e. The van der Waals surface area contributed by atoms with E-state index in [1.165, 1.54) is 12.1 Å². The second-order valence-corrected chi connectivity index (χ2v) is 13.4. The Morgan fingerprint density at radius 1 is 0.559 bits per heavy atom. The molecular formula is C28H28O4S2. The van der Waals surface area contributed by atoms with E-state index in [4.69, 9.17) is 4.74 Å². The molecule has 4 nitrogen and oxygen atoms in total. The molecule has 0 aromatic heterocycles. The third-order valence-corrected chi connectivity index (χ3v) is 10.1. The summed E-state index contributed by atoms with van der Waals surface area (Å²) in [7, 11) is -6.26. The molecule has 0 heterocycles. The number of ether oxygens (including phenoxy) is 1. The Morgan fingerprint density at radius 2 is 0.912 bits per heavy atom. The normalized spacial score (nSPS) is 12.8. The van der Waals surface area contributed by atoms with Crippen molar-refractivity contribution in [3.63, 3.8) is 0 Å². The molecule has 6 heteroatoms. The molecule has 0 bridgehead atoms. The van der Waals surface area contributed by atoms with E-state index < -0.39 is 20.1 Å². The van der Waals surface area contributed by atoms with Gasteiger partial charge < -0.3 is 4.74 Å². The van der Waals surface area contributed by atoms with Crippen LogP contribution in [-0.4, -0.2) is 18.6 Å². The topological polar surface area (TPSA) is 63.6 Å². The van der Waals surface area contributed by atoms with Gasteiger partial charge in [0.1, 0.15) is 11.4 Å². The summed E-state index contributed by atoms with van der Waals surface area (Å²) in [6.07, 6.45) is 0. The average molecular weight is 493 g/mol. The highest BCUT2D eigenvalue weighted by Gasteiger charge is 2.33. The summed E-state index contributed by atoms with van der Waals surface area (Å²) < 4.78 is 39.0. The fourth-order valence-electron chi connectivity index (χ4n) is 3.95. The van der Waals surface area contributed by atoms with Crippen molar-refractivity contribution >= 4 is 20.1 Å². The van der Waals surface area contributed by atoms with Crippen LogP contribution in [-0.2, 0) is 10.1 Å². The van der Waals surface area contributed by atoms with Gasteiger partial charge in [0.2, 0.25) is 0 Å². The van der Waals surface area contributed by atoms with Crippen LogP contribution in [0.4, 0.5) is 0 Å². The van der Waals surface area contributed by atoms with Crippen LogP contribution >= 0.6 is 10.0 Å². The Morgan fingerprint density at radius 3 is 1.29 bits per heavy atom. The first kappa shape index (κ1) is 24.1. The van der Waals surface area contributed by atoms with Crippen LogP contribution < -0.4 is 4.74 Å². The standard InChI is InChI=1S/C28H28O4S2/c1-28(2,3)32-22-14-16-25(17-15-22)33(23-10-6-4-7-11-23,24-12-8-5-9-13-24)26-18-20-27(21-19-26)34(29,30)31/h4-21H,1-3H3,(H,29,30,31). The highest BCUT2D eigenvalue weighted by atomic mass is 32.3. The van der Waals surface area contributed by atoms with Crippen molar-refractivity contribution in [2.75, 3.05) is 0 Å². The first-order chi connectivity index (χ1) is 16.1. The molecule has 34 heavy (non-hydrogen) atoms. The number of rotatable bonds is 6. The van der Waals surface area contributed by atoms with Crippen molar-refractivity contribution in [1.82, 2.24) is 0 Å². The van der Waals surface area contributed by atoms with Gasteiger partial charge in [-0.3, -0.25) is 4.55 Å². The Bertz CT molecular complexity index is 1300. The van der Waals surface area contributed by atoms with Crippen LogP contribution in [0.1, 0.15) is 20.8 Å². The fraction of sp³-hybridized carbons (Fsp3) is 0.143. The molecule has 0 aliphatic heterocycles. The predicted octanol–water partition coefficient (Wildman–Crippen LogP) is 7.45. The van der Waals surface area contributed by atoms with Crippen LogP contribution in [0, 0.1) is 0 Å². The summed E-state index contributed by atoms with van der Waals surface area (Å²) in [5, 5.41) is 0. The van der Waals surface area contributed by atoms with Gasteiger partial charge in [-0.2, -0.15) is 8.42 Å². The lowest BCUT2D eigenvalue weighted by atomic mass is 10.2. The average Bonchev–Trinajstić information content (AvgIpc) is 2.81. The Labute approximate surface area is 203 Å². The van der Waals surface area contributed by atoms with E-state index >= 15 is 0 Å². The minimum Gasteiger partial charge on any atom is -0.488 e. The summed E-state index contributed by atoms with van der Waals surface area (Å²) in [5.74, 6) is 0.785. The Hall–Kier alpha value is -3.06. The third-order valence-electron chi connectivity index (χ3n) is 5.27.